The maximum atomic E-state index is 10.8. The molecule has 1 atom stereocenters. The Morgan fingerprint density at radius 2 is 2.00 bits per heavy atom. The summed E-state index contributed by atoms with van der Waals surface area (Å²) in [6.07, 6.45) is 0. The second kappa shape index (κ2) is 3.60. The summed E-state index contributed by atoms with van der Waals surface area (Å²) in [7, 11) is 1.33. The summed E-state index contributed by atoms with van der Waals surface area (Å²) in [6, 6.07) is 0. The van der Waals surface area contributed by atoms with Crippen molar-refractivity contribution >= 4 is 34.8 Å². The van der Waals surface area contributed by atoms with Crippen molar-refractivity contribution in [3.05, 3.63) is 0 Å². The van der Waals surface area contributed by atoms with Crippen LogP contribution in [0.25, 0.3) is 0 Å². The van der Waals surface area contributed by atoms with E-state index < -0.39 is 6.69 Å². The van der Waals surface area contributed by atoms with E-state index in [0.29, 0.717) is 0 Å². The van der Waals surface area contributed by atoms with E-state index in [1.807, 2.05) is 0 Å². The Hall–Kier alpha value is 0.267. The van der Waals surface area contributed by atoms with Gasteiger partial charge in [-0.25, -0.2) is 0 Å². The fourth-order valence-electron chi connectivity index (χ4n) is 0.384. The van der Waals surface area contributed by atoms with E-state index >= 15 is 0 Å². The van der Waals surface area contributed by atoms with E-state index in [9.17, 15) is 4.79 Å². The summed E-state index contributed by atoms with van der Waals surface area (Å²) >= 11 is 11.5. The molecule has 10 heavy (non-hydrogen) atoms. The minimum atomic E-state index is -2.37. The highest BCUT2D eigenvalue weighted by Gasteiger charge is 2.35. The van der Waals surface area contributed by atoms with Crippen molar-refractivity contribution in [1.82, 2.24) is 0 Å². The Bertz CT molecular complexity index is 132. The van der Waals surface area contributed by atoms with Gasteiger partial charge in [-0.15, -0.1) is 22.2 Å². The summed E-state index contributed by atoms with van der Waals surface area (Å²) in [5, 5.41) is 0. The molecule has 0 aliphatic heterocycles. The number of methoxy groups -OCH3 is 1. The van der Waals surface area contributed by atoms with Crippen LogP contribution in [0.5, 0.6) is 0 Å². The Morgan fingerprint density at radius 3 is 2.10 bits per heavy atom. The van der Waals surface area contributed by atoms with Gasteiger partial charge < -0.3 is 4.74 Å². The van der Waals surface area contributed by atoms with Gasteiger partial charge >= 0.3 is 5.97 Å². The minimum Gasteiger partial charge on any atom is -0.469 e. The van der Waals surface area contributed by atoms with Crippen LogP contribution in [0.1, 0.15) is 6.92 Å². The van der Waals surface area contributed by atoms with Gasteiger partial charge in [-0.2, -0.15) is 0 Å². The molecule has 0 amide bonds. The standard InChI is InChI=1S/C5H10Cl2O2Si/c1-4(5(8)9-2)10(3,6)7/h4H,1-3H3. The molecule has 0 saturated heterocycles. The topological polar surface area (TPSA) is 26.3 Å². The van der Waals surface area contributed by atoms with Gasteiger partial charge in [0.25, 0.3) is 6.69 Å². The molecule has 0 fully saturated rings. The molecule has 5 heteroatoms. The van der Waals surface area contributed by atoms with Crippen molar-refractivity contribution < 1.29 is 9.53 Å². The number of carbonyl (C=O) groups is 1. The third kappa shape index (κ3) is 2.90. The van der Waals surface area contributed by atoms with Crippen LogP contribution in [0.15, 0.2) is 0 Å². The molecule has 0 N–H and O–H groups in total. The van der Waals surface area contributed by atoms with Gasteiger partial charge in [-0.1, -0.05) is 6.92 Å². The van der Waals surface area contributed by atoms with Crippen LogP contribution in [-0.2, 0) is 9.53 Å². The highest BCUT2D eigenvalue weighted by Crippen LogP contribution is 2.29. The number of halogens is 2. The van der Waals surface area contributed by atoms with E-state index in [-0.39, 0.29) is 11.5 Å². The van der Waals surface area contributed by atoms with Crippen LogP contribution in [0.3, 0.4) is 0 Å². The van der Waals surface area contributed by atoms with Gasteiger partial charge in [0.1, 0.15) is 0 Å². The number of hydrogen-bond acceptors (Lipinski definition) is 2. The second-order valence-corrected chi connectivity index (χ2v) is 10.3. The van der Waals surface area contributed by atoms with E-state index in [4.69, 9.17) is 22.2 Å². The lowest BCUT2D eigenvalue weighted by Gasteiger charge is -2.16. The van der Waals surface area contributed by atoms with Gasteiger partial charge in [0.15, 0.2) is 0 Å². The van der Waals surface area contributed by atoms with Gasteiger partial charge in [0.2, 0.25) is 0 Å². The Kier molecular flexibility index (Phi) is 3.69. The molecule has 2 nitrogen and oxygen atoms in total. The average molecular weight is 201 g/mol. The fourth-order valence-corrected chi connectivity index (χ4v) is 1.45. The molecule has 1 unspecified atom stereocenters. The van der Waals surface area contributed by atoms with Crippen molar-refractivity contribution in [2.24, 2.45) is 0 Å². The number of esters is 1. The summed E-state index contributed by atoms with van der Waals surface area (Å²) < 4.78 is 4.47. The molecule has 0 heterocycles. The SMILES string of the molecule is COC(=O)C(C)[Si](C)(Cl)Cl. The van der Waals surface area contributed by atoms with Crippen LogP contribution >= 0.6 is 22.2 Å². The smallest absolute Gasteiger partial charge is 0.308 e. The normalized spacial score (nSPS) is 14.5. The van der Waals surface area contributed by atoms with Crippen molar-refractivity contribution in [2.75, 3.05) is 7.11 Å². The Morgan fingerprint density at radius 1 is 1.60 bits per heavy atom. The zero-order chi connectivity index (χ0) is 8.36. The van der Waals surface area contributed by atoms with Crippen LogP contribution in [0.4, 0.5) is 0 Å². The number of carbonyl (C=O) groups excluding carboxylic acids is 1. The third-order valence-corrected chi connectivity index (χ3v) is 5.04. The van der Waals surface area contributed by atoms with Crippen molar-refractivity contribution in [2.45, 2.75) is 19.0 Å². The molecule has 0 rings (SSSR count). The van der Waals surface area contributed by atoms with Crippen molar-refractivity contribution in [3.8, 4) is 0 Å². The van der Waals surface area contributed by atoms with Crippen molar-refractivity contribution in [3.63, 3.8) is 0 Å². The highest BCUT2D eigenvalue weighted by atomic mass is 35.7. The first-order valence-corrected chi connectivity index (χ1v) is 7.45. The molecule has 0 aromatic carbocycles. The van der Waals surface area contributed by atoms with E-state index in [1.54, 1.807) is 13.5 Å². The Labute approximate surface area is 70.9 Å². The maximum Gasteiger partial charge on any atom is 0.308 e. The second-order valence-electron chi connectivity index (χ2n) is 2.20. The predicted molar refractivity (Wildman–Crippen MR) is 44.8 cm³/mol. The van der Waals surface area contributed by atoms with Crippen molar-refractivity contribution in [1.29, 1.82) is 0 Å². The molecule has 0 bridgehead atoms. The van der Waals surface area contributed by atoms with Gasteiger partial charge in [-0.05, 0) is 6.55 Å². The maximum absolute atomic E-state index is 10.8. The third-order valence-electron chi connectivity index (χ3n) is 1.32. The quantitative estimate of drug-likeness (QED) is 0.388. The minimum absolute atomic E-state index is 0.334. The average Bonchev–Trinajstić information content (AvgIpc) is 1.83. The zero-order valence-corrected chi connectivity index (χ0v) is 8.66. The summed E-state index contributed by atoms with van der Waals surface area (Å²) in [6.45, 7) is 0.996. The van der Waals surface area contributed by atoms with Gasteiger partial charge in [0.05, 0.1) is 12.7 Å². The van der Waals surface area contributed by atoms with Gasteiger partial charge in [0, 0.05) is 0 Å². The molecular weight excluding hydrogens is 191 g/mol. The van der Waals surface area contributed by atoms with Crippen LogP contribution in [0.2, 0.25) is 12.1 Å². The lowest BCUT2D eigenvalue weighted by Crippen LogP contribution is -2.27. The molecular formula is C5H10Cl2O2Si. The number of hydrogen-bond donors (Lipinski definition) is 0. The number of ether oxygens (including phenoxy) is 1. The first-order chi connectivity index (χ1) is 4.39. The molecule has 0 radical (unpaired) electrons. The van der Waals surface area contributed by atoms with Gasteiger partial charge in [-0.3, -0.25) is 4.79 Å². The number of rotatable bonds is 2. The Balaban J connectivity index is 4.08. The molecule has 0 aromatic rings. The molecule has 0 saturated carbocycles. The lowest BCUT2D eigenvalue weighted by atomic mass is 10.5. The molecule has 0 aromatic heterocycles. The highest BCUT2D eigenvalue weighted by molar-refractivity contribution is 7.46. The summed E-state index contributed by atoms with van der Waals surface area (Å²) in [5.74, 6) is -0.334. The summed E-state index contributed by atoms with van der Waals surface area (Å²) in [5.41, 5.74) is -0.360. The fraction of sp³-hybridized carbons (Fsp3) is 0.800. The summed E-state index contributed by atoms with van der Waals surface area (Å²) in [4.78, 5) is 10.8. The van der Waals surface area contributed by atoms with Crippen LogP contribution in [0, 0.1) is 0 Å². The molecule has 0 aliphatic carbocycles. The van der Waals surface area contributed by atoms with E-state index in [2.05, 4.69) is 4.74 Å². The molecule has 0 aliphatic rings. The molecule has 0 spiro atoms. The largest absolute Gasteiger partial charge is 0.469 e. The van der Waals surface area contributed by atoms with E-state index in [1.165, 1.54) is 7.11 Å². The van der Waals surface area contributed by atoms with Crippen LogP contribution < -0.4 is 0 Å². The lowest BCUT2D eigenvalue weighted by molar-refractivity contribution is -0.140. The monoisotopic (exact) mass is 200 g/mol. The zero-order valence-electron chi connectivity index (χ0n) is 6.15. The molecule has 60 valence electrons. The predicted octanol–water partition coefficient (Wildman–Crippen LogP) is 2.10. The van der Waals surface area contributed by atoms with E-state index in [0.717, 1.165) is 0 Å². The van der Waals surface area contributed by atoms with Crippen LogP contribution in [-0.4, -0.2) is 19.8 Å². The first-order valence-electron chi connectivity index (χ1n) is 2.85. The first kappa shape index (κ1) is 10.3.